The van der Waals surface area contributed by atoms with E-state index in [1.54, 1.807) is 6.08 Å². The van der Waals surface area contributed by atoms with Gasteiger partial charge in [0.2, 0.25) is 0 Å². The highest BCUT2D eigenvalue weighted by molar-refractivity contribution is 5.87. The molecule has 0 amide bonds. The first-order chi connectivity index (χ1) is 11.8. The van der Waals surface area contributed by atoms with Gasteiger partial charge in [-0.25, -0.2) is 4.79 Å². The second-order valence-corrected chi connectivity index (χ2v) is 5.76. The predicted octanol–water partition coefficient (Wildman–Crippen LogP) is 4.16. The van der Waals surface area contributed by atoms with Gasteiger partial charge < -0.3 is 9.64 Å². The third-order valence-electron chi connectivity index (χ3n) is 3.97. The number of carbonyl (C=O) groups excluding carboxylic acids is 1. The third-order valence-corrected chi connectivity index (χ3v) is 3.97. The molecule has 0 saturated heterocycles. The maximum atomic E-state index is 11.9. The molecule has 0 unspecified atom stereocenters. The average molecular weight is 319 g/mol. The first-order valence-corrected chi connectivity index (χ1v) is 8.18. The molecule has 0 fully saturated rings. The predicted molar refractivity (Wildman–Crippen MR) is 95.9 cm³/mol. The Bertz CT molecular complexity index is 735. The molecular weight excluding hydrogens is 298 g/mol. The highest BCUT2D eigenvalue weighted by Crippen LogP contribution is 2.16. The molecule has 122 valence electrons. The fourth-order valence-electron chi connectivity index (χ4n) is 2.67. The van der Waals surface area contributed by atoms with E-state index in [1.807, 2.05) is 48.5 Å². The molecule has 2 aromatic rings. The van der Waals surface area contributed by atoms with E-state index in [-0.39, 0.29) is 5.97 Å². The average Bonchev–Trinajstić information content (AvgIpc) is 3.13. The molecule has 0 bridgehead atoms. The standard InChI is InChI=1S/C21H21NO2/c23-21(13-12-18-8-2-1-3-9-18)24-17-20-11-5-4-10-19(20)16-22-14-6-7-15-22/h1-6,8-14H,7,15-17H2/b13-12-. The van der Waals surface area contributed by atoms with E-state index in [0.29, 0.717) is 6.61 Å². The molecule has 0 saturated carbocycles. The lowest BCUT2D eigenvalue weighted by Crippen LogP contribution is -2.15. The Labute approximate surface area is 142 Å². The van der Waals surface area contributed by atoms with E-state index in [9.17, 15) is 4.79 Å². The van der Waals surface area contributed by atoms with E-state index in [1.165, 1.54) is 11.6 Å². The van der Waals surface area contributed by atoms with Gasteiger partial charge in [-0.05, 0) is 35.4 Å². The van der Waals surface area contributed by atoms with Crippen LogP contribution >= 0.6 is 0 Å². The van der Waals surface area contributed by atoms with Crippen LogP contribution in [0, 0.1) is 0 Å². The number of hydrogen-bond donors (Lipinski definition) is 0. The van der Waals surface area contributed by atoms with Crippen LogP contribution in [-0.2, 0) is 22.7 Å². The summed E-state index contributed by atoms with van der Waals surface area (Å²) in [6.45, 7) is 2.20. The highest BCUT2D eigenvalue weighted by atomic mass is 16.5. The van der Waals surface area contributed by atoms with Crippen LogP contribution in [0.3, 0.4) is 0 Å². The van der Waals surface area contributed by atoms with Crippen molar-refractivity contribution in [2.45, 2.75) is 19.6 Å². The summed E-state index contributed by atoms with van der Waals surface area (Å²) < 4.78 is 5.39. The summed E-state index contributed by atoms with van der Waals surface area (Å²) in [6, 6.07) is 17.8. The number of carbonyl (C=O) groups is 1. The normalized spacial score (nSPS) is 13.6. The van der Waals surface area contributed by atoms with Gasteiger partial charge in [-0.2, -0.15) is 0 Å². The van der Waals surface area contributed by atoms with E-state index < -0.39 is 0 Å². The minimum atomic E-state index is -0.324. The molecule has 24 heavy (non-hydrogen) atoms. The second-order valence-electron chi connectivity index (χ2n) is 5.76. The Morgan fingerprint density at radius 2 is 1.79 bits per heavy atom. The lowest BCUT2D eigenvalue weighted by atomic mass is 10.1. The SMILES string of the molecule is O=C(/C=C\c1ccccc1)OCc1ccccc1CN1C=CCC1. The smallest absolute Gasteiger partial charge is 0.331 e. The van der Waals surface area contributed by atoms with Crippen molar-refractivity contribution < 1.29 is 9.53 Å². The molecule has 1 aliphatic heterocycles. The third kappa shape index (κ3) is 4.59. The molecule has 0 N–H and O–H groups in total. The van der Waals surface area contributed by atoms with Gasteiger partial charge in [-0.15, -0.1) is 0 Å². The summed E-state index contributed by atoms with van der Waals surface area (Å²) in [4.78, 5) is 14.2. The second kappa shape index (κ2) is 8.16. The molecule has 3 rings (SSSR count). The molecule has 0 atom stereocenters. The van der Waals surface area contributed by atoms with Crippen molar-refractivity contribution in [1.82, 2.24) is 4.90 Å². The zero-order valence-corrected chi connectivity index (χ0v) is 13.6. The molecule has 2 aromatic carbocycles. The molecular formula is C21H21NO2. The molecule has 3 nitrogen and oxygen atoms in total. The van der Waals surface area contributed by atoms with Crippen LogP contribution in [0.5, 0.6) is 0 Å². The molecule has 1 heterocycles. The summed E-state index contributed by atoms with van der Waals surface area (Å²) in [7, 11) is 0. The summed E-state index contributed by atoms with van der Waals surface area (Å²) in [5, 5.41) is 0. The van der Waals surface area contributed by atoms with Gasteiger partial charge in [0.25, 0.3) is 0 Å². The van der Waals surface area contributed by atoms with Crippen molar-refractivity contribution in [3.8, 4) is 0 Å². The van der Waals surface area contributed by atoms with Crippen molar-refractivity contribution in [3.63, 3.8) is 0 Å². The van der Waals surface area contributed by atoms with Gasteiger partial charge in [0, 0.05) is 19.2 Å². The van der Waals surface area contributed by atoms with Gasteiger partial charge in [0.15, 0.2) is 0 Å². The van der Waals surface area contributed by atoms with E-state index in [0.717, 1.165) is 30.6 Å². The number of nitrogens with zero attached hydrogens (tertiary/aromatic N) is 1. The molecule has 0 aliphatic carbocycles. The Morgan fingerprint density at radius 1 is 1.04 bits per heavy atom. The van der Waals surface area contributed by atoms with Crippen LogP contribution in [0.1, 0.15) is 23.1 Å². The van der Waals surface area contributed by atoms with Crippen LogP contribution in [-0.4, -0.2) is 17.4 Å². The fraction of sp³-hybridized carbons (Fsp3) is 0.190. The van der Waals surface area contributed by atoms with Crippen molar-refractivity contribution in [1.29, 1.82) is 0 Å². The van der Waals surface area contributed by atoms with Crippen LogP contribution < -0.4 is 0 Å². The van der Waals surface area contributed by atoms with Gasteiger partial charge in [-0.1, -0.05) is 60.7 Å². The summed E-state index contributed by atoms with van der Waals surface area (Å²) >= 11 is 0. The van der Waals surface area contributed by atoms with Gasteiger partial charge in [0.05, 0.1) is 0 Å². The number of hydrogen-bond acceptors (Lipinski definition) is 3. The summed E-state index contributed by atoms with van der Waals surface area (Å²) in [5.41, 5.74) is 3.24. The maximum absolute atomic E-state index is 11.9. The van der Waals surface area contributed by atoms with Crippen LogP contribution in [0.25, 0.3) is 6.08 Å². The van der Waals surface area contributed by atoms with E-state index in [4.69, 9.17) is 4.74 Å². The lowest BCUT2D eigenvalue weighted by Gasteiger charge is -2.17. The Kier molecular flexibility index (Phi) is 5.46. The first kappa shape index (κ1) is 16.1. The number of ether oxygens (including phenoxy) is 1. The summed E-state index contributed by atoms with van der Waals surface area (Å²) in [6.07, 6.45) is 8.65. The van der Waals surface area contributed by atoms with Crippen molar-refractivity contribution >= 4 is 12.0 Å². The molecule has 0 spiro atoms. The van der Waals surface area contributed by atoms with Gasteiger partial charge in [0.1, 0.15) is 6.61 Å². The Balaban J connectivity index is 1.57. The molecule has 0 aromatic heterocycles. The van der Waals surface area contributed by atoms with E-state index >= 15 is 0 Å². The van der Waals surface area contributed by atoms with Crippen molar-refractivity contribution in [3.05, 3.63) is 89.6 Å². The number of rotatable bonds is 6. The Hall–Kier alpha value is -2.81. The first-order valence-electron chi connectivity index (χ1n) is 8.18. The topological polar surface area (TPSA) is 29.5 Å². The van der Waals surface area contributed by atoms with Crippen LogP contribution in [0.15, 0.2) is 72.9 Å². The zero-order chi connectivity index (χ0) is 16.6. The van der Waals surface area contributed by atoms with Gasteiger partial charge >= 0.3 is 5.97 Å². The maximum Gasteiger partial charge on any atom is 0.331 e. The monoisotopic (exact) mass is 319 g/mol. The van der Waals surface area contributed by atoms with E-state index in [2.05, 4.69) is 23.2 Å². The molecule has 0 radical (unpaired) electrons. The minimum Gasteiger partial charge on any atom is -0.458 e. The largest absolute Gasteiger partial charge is 0.458 e. The number of esters is 1. The quantitative estimate of drug-likeness (QED) is 0.591. The Morgan fingerprint density at radius 3 is 2.54 bits per heavy atom. The minimum absolute atomic E-state index is 0.297. The van der Waals surface area contributed by atoms with Crippen LogP contribution in [0.4, 0.5) is 0 Å². The van der Waals surface area contributed by atoms with Crippen molar-refractivity contribution in [2.75, 3.05) is 6.54 Å². The van der Waals surface area contributed by atoms with Crippen LogP contribution in [0.2, 0.25) is 0 Å². The van der Waals surface area contributed by atoms with Gasteiger partial charge in [-0.3, -0.25) is 0 Å². The number of benzene rings is 2. The zero-order valence-electron chi connectivity index (χ0n) is 13.6. The van der Waals surface area contributed by atoms with Crippen molar-refractivity contribution in [2.24, 2.45) is 0 Å². The highest BCUT2D eigenvalue weighted by Gasteiger charge is 2.09. The fourth-order valence-corrected chi connectivity index (χ4v) is 2.67. The molecule has 1 aliphatic rings. The molecule has 3 heteroatoms. The summed E-state index contributed by atoms with van der Waals surface area (Å²) in [5.74, 6) is -0.324. The lowest BCUT2D eigenvalue weighted by molar-refractivity contribution is -0.138.